The lowest BCUT2D eigenvalue weighted by Crippen LogP contribution is -2.54. The van der Waals surface area contributed by atoms with Crippen LogP contribution in [0.4, 0.5) is 0 Å². The summed E-state index contributed by atoms with van der Waals surface area (Å²) in [5.74, 6) is 0.954. The minimum atomic E-state index is -0.444. The van der Waals surface area contributed by atoms with Gasteiger partial charge in [0.2, 0.25) is 0 Å². The molecule has 0 spiro atoms. The van der Waals surface area contributed by atoms with Gasteiger partial charge in [-0.2, -0.15) is 0 Å². The molecule has 2 aliphatic rings. The largest absolute Gasteiger partial charge is 0.378 e. The van der Waals surface area contributed by atoms with Crippen LogP contribution < -0.4 is 0 Å². The van der Waals surface area contributed by atoms with Crippen LogP contribution in [0.25, 0.3) is 0 Å². The van der Waals surface area contributed by atoms with Gasteiger partial charge in [0.25, 0.3) is 0 Å². The highest BCUT2D eigenvalue weighted by atomic mass is 35.5. The monoisotopic (exact) mass is 261 g/mol. The maximum atomic E-state index is 10.2. The number of rotatable bonds is 2. The molecule has 1 heterocycles. The number of likely N-dealkylation sites (tertiary alicyclic amines) is 1. The highest BCUT2D eigenvalue weighted by molar-refractivity contribution is 6.44. The summed E-state index contributed by atoms with van der Waals surface area (Å²) in [6.45, 7) is 6.17. The predicted molar refractivity (Wildman–Crippen MR) is 67.3 cm³/mol. The van der Waals surface area contributed by atoms with E-state index in [4.69, 9.17) is 23.2 Å². The first kappa shape index (κ1) is 12.4. The normalized spacial score (nSPS) is 34.1. The van der Waals surface area contributed by atoms with Crippen LogP contribution in [-0.4, -0.2) is 29.3 Å². The second-order valence-electron chi connectivity index (χ2n) is 4.94. The predicted octanol–water partition coefficient (Wildman–Crippen LogP) is 2.77. The minimum absolute atomic E-state index is 0.0440. The van der Waals surface area contributed by atoms with Crippen molar-refractivity contribution in [2.24, 2.45) is 17.8 Å². The quantitative estimate of drug-likeness (QED) is 0.827. The number of aliphatic hydroxyl groups is 1. The summed E-state index contributed by atoms with van der Waals surface area (Å²) in [7, 11) is 0. The number of allylic oxidation sites excluding steroid dienone is 3. The van der Waals surface area contributed by atoms with Crippen LogP contribution >= 0.6 is 23.2 Å². The summed E-state index contributed by atoms with van der Waals surface area (Å²) >= 11 is 11.9. The lowest BCUT2D eigenvalue weighted by Gasteiger charge is -2.44. The molecule has 1 fully saturated rings. The Morgan fingerprint density at radius 1 is 1.25 bits per heavy atom. The Balaban J connectivity index is 2.05. The molecule has 2 unspecified atom stereocenters. The zero-order chi connectivity index (χ0) is 11.9. The molecule has 1 saturated heterocycles. The minimum Gasteiger partial charge on any atom is -0.378 e. The summed E-state index contributed by atoms with van der Waals surface area (Å²) < 4.78 is 0. The molecule has 0 radical (unpaired) electrons. The van der Waals surface area contributed by atoms with E-state index >= 15 is 0 Å². The molecule has 1 N–H and O–H groups in total. The average Bonchev–Trinajstić information content (AvgIpc) is 2.18. The van der Waals surface area contributed by atoms with Crippen LogP contribution in [0.1, 0.15) is 13.8 Å². The molecule has 16 heavy (non-hydrogen) atoms. The number of hydrogen-bond donors (Lipinski definition) is 1. The lowest BCUT2D eigenvalue weighted by molar-refractivity contribution is -0.0892. The van der Waals surface area contributed by atoms with E-state index in [2.05, 4.69) is 18.7 Å². The molecule has 0 bridgehead atoms. The second kappa shape index (κ2) is 4.69. The lowest BCUT2D eigenvalue weighted by atomic mass is 9.86. The summed E-state index contributed by atoms with van der Waals surface area (Å²) in [5, 5.41) is 11.4. The van der Waals surface area contributed by atoms with Gasteiger partial charge < -0.3 is 5.11 Å². The van der Waals surface area contributed by atoms with Crippen LogP contribution in [-0.2, 0) is 0 Å². The summed E-state index contributed by atoms with van der Waals surface area (Å²) in [4.78, 5) is 2.08. The number of nitrogens with zero attached hydrogens (tertiary/aromatic N) is 1. The fraction of sp³-hybridized carbons (Fsp3) is 0.667. The van der Waals surface area contributed by atoms with Gasteiger partial charge in [-0.3, -0.25) is 4.90 Å². The fourth-order valence-corrected chi connectivity index (χ4v) is 2.86. The van der Waals surface area contributed by atoms with E-state index in [1.165, 1.54) is 0 Å². The highest BCUT2D eigenvalue weighted by Crippen LogP contribution is 2.35. The summed E-state index contributed by atoms with van der Waals surface area (Å²) in [6, 6.07) is 0. The molecule has 4 heteroatoms. The third kappa shape index (κ3) is 2.30. The van der Waals surface area contributed by atoms with Gasteiger partial charge in [0.1, 0.15) is 6.23 Å². The maximum absolute atomic E-state index is 10.2. The van der Waals surface area contributed by atoms with Crippen molar-refractivity contribution in [3.05, 3.63) is 22.2 Å². The van der Waals surface area contributed by atoms with Crippen LogP contribution in [0.2, 0.25) is 0 Å². The van der Waals surface area contributed by atoms with E-state index < -0.39 is 6.23 Å². The molecule has 0 amide bonds. The smallest absolute Gasteiger partial charge is 0.114 e. The molecule has 0 aromatic heterocycles. The van der Waals surface area contributed by atoms with E-state index in [-0.39, 0.29) is 11.8 Å². The molecule has 1 aliphatic carbocycles. The van der Waals surface area contributed by atoms with Crippen molar-refractivity contribution in [1.29, 1.82) is 0 Å². The Morgan fingerprint density at radius 2 is 1.81 bits per heavy atom. The van der Waals surface area contributed by atoms with E-state index in [1.807, 2.05) is 12.2 Å². The average molecular weight is 262 g/mol. The van der Waals surface area contributed by atoms with E-state index in [9.17, 15) is 5.11 Å². The number of hydrogen-bond acceptors (Lipinski definition) is 2. The van der Waals surface area contributed by atoms with Gasteiger partial charge in [0, 0.05) is 19.0 Å². The van der Waals surface area contributed by atoms with E-state index in [0.29, 0.717) is 16.0 Å². The molecule has 1 aliphatic heterocycles. The molecule has 0 aromatic carbocycles. The van der Waals surface area contributed by atoms with Crippen LogP contribution in [0, 0.1) is 17.8 Å². The molecule has 90 valence electrons. The first-order valence-electron chi connectivity index (χ1n) is 5.66. The highest BCUT2D eigenvalue weighted by Gasteiger charge is 2.35. The first-order chi connectivity index (χ1) is 7.49. The molecule has 0 saturated carbocycles. The topological polar surface area (TPSA) is 23.5 Å². The summed E-state index contributed by atoms with van der Waals surface area (Å²) in [5.41, 5.74) is 0. The third-order valence-corrected chi connectivity index (χ3v) is 4.15. The molecular formula is C12H17Cl2NO. The van der Waals surface area contributed by atoms with Gasteiger partial charge >= 0.3 is 0 Å². The van der Waals surface area contributed by atoms with Crippen LogP contribution in [0.3, 0.4) is 0 Å². The molecule has 2 rings (SSSR count). The Morgan fingerprint density at radius 3 is 2.38 bits per heavy atom. The Bertz CT molecular complexity index is 334. The van der Waals surface area contributed by atoms with Crippen molar-refractivity contribution >= 4 is 23.2 Å². The number of aliphatic hydroxyl groups excluding tert-OH is 1. The Labute approximate surface area is 107 Å². The second-order valence-corrected chi connectivity index (χ2v) is 5.75. The van der Waals surface area contributed by atoms with Crippen molar-refractivity contribution < 1.29 is 5.11 Å². The van der Waals surface area contributed by atoms with Gasteiger partial charge in [0.05, 0.1) is 10.1 Å². The van der Waals surface area contributed by atoms with Crippen molar-refractivity contribution in [1.82, 2.24) is 4.90 Å². The van der Waals surface area contributed by atoms with Crippen molar-refractivity contribution in [3.8, 4) is 0 Å². The Kier molecular flexibility index (Phi) is 3.65. The zero-order valence-electron chi connectivity index (χ0n) is 9.53. The van der Waals surface area contributed by atoms with Gasteiger partial charge in [0.15, 0.2) is 0 Å². The van der Waals surface area contributed by atoms with Crippen LogP contribution in [0.15, 0.2) is 22.2 Å². The van der Waals surface area contributed by atoms with Gasteiger partial charge in [-0.25, -0.2) is 0 Å². The zero-order valence-corrected chi connectivity index (χ0v) is 11.0. The molecular weight excluding hydrogens is 245 g/mol. The SMILES string of the molecule is CC1CN(C(O)C2C=C(Cl)C(Cl)=C[C@@H]2C)C1. The maximum Gasteiger partial charge on any atom is 0.114 e. The summed E-state index contributed by atoms with van der Waals surface area (Å²) in [6.07, 6.45) is 3.35. The molecule has 2 nitrogen and oxygen atoms in total. The standard InChI is InChI=1S/C12H17Cl2NO/c1-7-5-15(6-7)12(16)9-4-11(14)10(13)3-8(9)2/h3-4,7-9,12,16H,5-6H2,1-2H3/t8-,9?,12?/m0/s1. The van der Waals surface area contributed by atoms with Crippen molar-refractivity contribution in [2.45, 2.75) is 20.1 Å². The third-order valence-electron chi connectivity index (χ3n) is 3.39. The fourth-order valence-electron chi connectivity index (χ4n) is 2.39. The van der Waals surface area contributed by atoms with Gasteiger partial charge in [-0.15, -0.1) is 0 Å². The van der Waals surface area contributed by atoms with Crippen molar-refractivity contribution in [2.75, 3.05) is 13.1 Å². The van der Waals surface area contributed by atoms with Gasteiger partial charge in [-0.05, 0) is 11.8 Å². The molecule has 3 atom stereocenters. The van der Waals surface area contributed by atoms with Crippen molar-refractivity contribution in [3.63, 3.8) is 0 Å². The van der Waals surface area contributed by atoms with Gasteiger partial charge in [-0.1, -0.05) is 49.2 Å². The first-order valence-corrected chi connectivity index (χ1v) is 6.41. The van der Waals surface area contributed by atoms with E-state index in [1.54, 1.807) is 0 Å². The van der Waals surface area contributed by atoms with E-state index in [0.717, 1.165) is 13.1 Å². The van der Waals surface area contributed by atoms with Crippen LogP contribution in [0.5, 0.6) is 0 Å². The number of halogens is 2. The Hall–Kier alpha value is -0.0200. The molecule has 0 aromatic rings.